The van der Waals surface area contributed by atoms with Crippen LogP contribution in [-0.2, 0) is 4.79 Å². The summed E-state index contributed by atoms with van der Waals surface area (Å²) in [6.45, 7) is 0.510. The van der Waals surface area contributed by atoms with Gasteiger partial charge in [-0.25, -0.2) is 0 Å². The molecular formula is C10H9BrF3N3O3. The quantitative estimate of drug-likeness (QED) is 0.642. The van der Waals surface area contributed by atoms with Crippen molar-refractivity contribution in [1.29, 1.82) is 0 Å². The number of nitrogens with two attached hydrogens (primary N) is 1. The molecule has 1 aromatic rings. The molecule has 1 rings (SSSR count). The Bertz CT molecular complexity index is 560. The van der Waals surface area contributed by atoms with E-state index in [1.54, 1.807) is 0 Å². The van der Waals surface area contributed by atoms with Crippen LogP contribution < -0.4 is 11.1 Å². The number of amides is 1. The molecule has 0 saturated carbocycles. The molecule has 110 valence electrons. The molecule has 1 amide bonds. The predicted molar refractivity (Wildman–Crippen MR) is 68.1 cm³/mol. The van der Waals surface area contributed by atoms with Gasteiger partial charge in [-0.2, -0.15) is 13.2 Å². The molecule has 0 aromatic heterocycles. The van der Waals surface area contributed by atoms with Crippen molar-refractivity contribution in [2.45, 2.75) is 18.6 Å². The Hall–Kier alpha value is -1.68. The fourth-order valence-corrected chi connectivity index (χ4v) is 1.51. The minimum absolute atomic E-state index is 0.131. The largest absolute Gasteiger partial charge is 0.415 e. The smallest absolute Gasteiger partial charge is 0.324 e. The number of halogens is 4. The second-order valence-corrected chi connectivity index (χ2v) is 4.93. The molecule has 3 N–H and O–H groups in total. The Balaban J connectivity index is 3.03. The highest BCUT2D eigenvalue weighted by molar-refractivity contribution is 9.10. The topological polar surface area (TPSA) is 98.3 Å². The number of nitro groups is 1. The van der Waals surface area contributed by atoms with Crippen LogP contribution in [0.5, 0.6) is 0 Å². The summed E-state index contributed by atoms with van der Waals surface area (Å²) in [5.74, 6) is -1.51. The van der Waals surface area contributed by atoms with Gasteiger partial charge in [-0.3, -0.25) is 14.9 Å². The van der Waals surface area contributed by atoms with Gasteiger partial charge < -0.3 is 11.1 Å². The lowest BCUT2D eigenvalue weighted by Crippen LogP contribution is -2.59. The molecule has 6 nitrogen and oxygen atoms in total. The number of nitrogens with one attached hydrogen (secondary N) is 1. The van der Waals surface area contributed by atoms with E-state index in [0.29, 0.717) is 6.92 Å². The normalized spacial score (nSPS) is 14.5. The molecule has 1 aromatic carbocycles. The number of nitro benzene ring substituents is 1. The fraction of sp³-hybridized carbons (Fsp3) is 0.300. The fourth-order valence-electron chi connectivity index (χ4n) is 1.12. The van der Waals surface area contributed by atoms with Gasteiger partial charge in [0.15, 0.2) is 5.54 Å². The number of nitrogens with zero attached hydrogens (tertiary/aromatic N) is 1. The molecule has 0 heterocycles. The Morgan fingerprint density at radius 3 is 2.45 bits per heavy atom. The van der Waals surface area contributed by atoms with Crippen LogP contribution in [-0.4, -0.2) is 22.5 Å². The first-order chi connectivity index (χ1) is 8.96. The van der Waals surface area contributed by atoms with Crippen molar-refractivity contribution in [3.8, 4) is 0 Å². The summed E-state index contributed by atoms with van der Waals surface area (Å²) in [6, 6.07) is 3.37. The van der Waals surface area contributed by atoms with Crippen molar-refractivity contribution < 1.29 is 22.9 Å². The van der Waals surface area contributed by atoms with Crippen LogP contribution in [0.25, 0.3) is 0 Å². The van der Waals surface area contributed by atoms with Crippen LogP contribution in [0.15, 0.2) is 22.7 Å². The second-order valence-electron chi connectivity index (χ2n) is 4.08. The minimum Gasteiger partial charge on any atom is -0.324 e. The van der Waals surface area contributed by atoms with E-state index in [9.17, 15) is 28.1 Å². The average Bonchev–Trinajstić information content (AvgIpc) is 2.29. The summed E-state index contributed by atoms with van der Waals surface area (Å²) in [5.41, 5.74) is 1.27. The van der Waals surface area contributed by atoms with Crippen LogP contribution >= 0.6 is 15.9 Å². The first kappa shape index (κ1) is 16.4. The van der Waals surface area contributed by atoms with E-state index in [0.717, 1.165) is 6.07 Å². The Labute approximate surface area is 119 Å². The van der Waals surface area contributed by atoms with Crippen LogP contribution in [0.4, 0.5) is 24.5 Å². The van der Waals surface area contributed by atoms with Crippen molar-refractivity contribution in [2.75, 3.05) is 5.32 Å². The van der Waals surface area contributed by atoms with Crippen molar-refractivity contribution in [2.24, 2.45) is 5.73 Å². The maximum Gasteiger partial charge on any atom is 0.415 e. The molecule has 0 saturated heterocycles. The van der Waals surface area contributed by atoms with Crippen molar-refractivity contribution in [3.63, 3.8) is 0 Å². The summed E-state index contributed by atoms with van der Waals surface area (Å²) in [4.78, 5) is 21.4. The molecular weight excluding hydrogens is 347 g/mol. The highest BCUT2D eigenvalue weighted by Gasteiger charge is 2.54. The molecule has 10 heteroatoms. The highest BCUT2D eigenvalue weighted by atomic mass is 79.9. The number of anilines is 1. The summed E-state index contributed by atoms with van der Waals surface area (Å²) in [5, 5.41) is 12.6. The van der Waals surface area contributed by atoms with E-state index >= 15 is 0 Å². The van der Waals surface area contributed by atoms with Gasteiger partial charge in [-0.05, 0) is 35.0 Å². The number of alkyl halides is 3. The van der Waals surface area contributed by atoms with Gasteiger partial charge in [-0.15, -0.1) is 0 Å². The Morgan fingerprint density at radius 2 is 2.00 bits per heavy atom. The first-order valence-corrected chi connectivity index (χ1v) is 5.87. The monoisotopic (exact) mass is 355 g/mol. The van der Waals surface area contributed by atoms with Crippen molar-refractivity contribution >= 4 is 33.2 Å². The number of carbonyl (C=O) groups is 1. The number of carbonyl (C=O) groups excluding carboxylic acids is 1. The number of hydrogen-bond acceptors (Lipinski definition) is 4. The molecule has 0 fully saturated rings. The third-order valence-electron chi connectivity index (χ3n) is 2.46. The van der Waals surface area contributed by atoms with Crippen molar-refractivity contribution in [3.05, 3.63) is 32.8 Å². The lowest BCUT2D eigenvalue weighted by atomic mass is 10.0. The second kappa shape index (κ2) is 5.37. The van der Waals surface area contributed by atoms with Gasteiger partial charge in [0, 0.05) is 11.8 Å². The summed E-state index contributed by atoms with van der Waals surface area (Å²) in [7, 11) is 0. The van der Waals surface area contributed by atoms with E-state index < -0.39 is 28.2 Å². The number of rotatable bonds is 3. The average molecular weight is 356 g/mol. The maximum atomic E-state index is 12.6. The minimum atomic E-state index is -4.95. The number of hydrogen-bond donors (Lipinski definition) is 2. The molecule has 0 spiro atoms. The van der Waals surface area contributed by atoms with E-state index in [-0.39, 0.29) is 10.2 Å². The van der Waals surface area contributed by atoms with Crippen LogP contribution in [0.3, 0.4) is 0 Å². The van der Waals surface area contributed by atoms with E-state index in [4.69, 9.17) is 5.73 Å². The van der Waals surface area contributed by atoms with Gasteiger partial charge in [0.25, 0.3) is 11.6 Å². The standard InChI is InChI=1S/C10H9BrF3N3O3/c1-9(15,10(12,13)14)8(18)16-5-2-3-6(11)7(4-5)17(19)20/h2-4H,15H2,1H3,(H,16,18). The zero-order chi connectivity index (χ0) is 15.7. The van der Waals surface area contributed by atoms with Gasteiger partial charge in [0.1, 0.15) is 0 Å². The summed E-state index contributed by atoms with van der Waals surface area (Å²) in [6.07, 6.45) is -4.95. The van der Waals surface area contributed by atoms with Gasteiger partial charge >= 0.3 is 6.18 Å². The van der Waals surface area contributed by atoms with Crippen LogP contribution in [0.2, 0.25) is 0 Å². The highest BCUT2D eigenvalue weighted by Crippen LogP contribution is 2.31. The Kier molecular flexibility index (Phi) is 4.39. The Morgan fingerprint density at radius 1 is 1.45 bits per heavy atom. The molecule has 0 aliphatic heterocycles. The molecule has 1 unspecified atom stereocenters. The molecule has 0 bridgehead atoms. The van der Waals surface area contributed by atoms with Gasteiger partial charge in [0.2, 0.25) is 0 Å². The number of benzene rings is 1. The predicted octanol–water partition coefficient (Wildman–Crippen LogP) is 2.58. The zero-order valence-electron chi connectivity index (χ0n) is 9.99. The molecule has 1 atom stereocenters. The zero-order valence-corrected chi connectivity index (χ0v) is 11.6. The SMILES string of the molecule is CC(N)(C(=O)Nc1ccc(Br)c([N+](=O)[O-])c1)C(F)(F)F. The van der Waals surface area contributed by atoms with Crippen LogP contribution in [0.1, 0.15) is 6.92 Å². The van der Waals surface area contributed by atoms with E-state index in [1.165, 1.54) is 12.1 Å². The molecule has 0 radical (unpaired) electrons. The lowest BCUT2D eigenvalue weighted by Gasteiger charge is -2.26. The molecule has 0 aliphatic carbocycles. The van der Waals surface area contributed by atoms with Gasteiger partial charge in [-0.1, -0.05) is 0 Å². The summed E-state index contributed by atoms with van der Waals surface area (Å²) < 4.78 is 37.8. The summed E-state index contributed by atoms with van der Waals surface area (Å²) >= 11 is 2.91. The lowest BCUT2D eigenvalue weighted by molar-refractivity contribution is -0.385. The molecule has 0 aliphatic rings. The third kappa shape index (κ3) is 3.25. The van der Waals surface area contributed by atoms with E-state index in [1.807, 2.05) is 5.32 Å². The first-order valence-electron chi connectivity index (χ1n) is 5.08. The maximum absolute atomic E-state index is 12.6. The van der Waals surface area contributed by atoms with Crippen molar-refractivity contribution in [1.82, 2.24) is 0 Å². The van der Waals surface area contributed by atoms with Crippen LogP contribution in [0, 0.1) is 10.1 Å². The third-order valence-corrected chi connectivity index (χ3v) is 3.13. The molecule has 20 heavy (non-hydrogen) atoms. The van der Waals surface area contributed by atoms with Gasteiger partial charge in [0.05, 0.1) is 9.40 Å². The van der Waals surface area contributed by atoms with E-state index in [2.05, 4.69) is 15.9 Å².